The minimum Gasteiger partial charge on any atom is -0.354 e. The molecule has 4 heteroatoms. The first-order valence-corrected chi connectivity index (χ1v) is 6.17. The van der Waals surface area contributed by atoms with Crippen LogP contribution in [-0.4, -0.2) is 37.5 Å². The number of piperidine rings is 1. The molecule has 0 aromatic rings. The molecule has 0 aliphatic carbocycles. The lowest BCUT2D eigenvalue weighted by atomic mass is 9.80. The second-order valence-corrected chi connectivity index (χ2v) is 6.03. The van der Waals surface area contributed by atoms with Crippen molar-refractivity contribution in [1.29, 1.82) is 5.26 Å². The number of carbonyl (C=O) groups is 1. The van der Waals surface area contributed by atoms with Gasteiger partial charge in [0.25, 0.3) is 0 Å². The van der Waals surface area contributed by atoms with Crippen LogP contribution < -0.4 is 5.32 Å². The highest BCUT2D eigenvalue weighted by molar-refractivity contribution is 5.84. The Hall–Kier alpha value is -1.08. The monoisotopic (exact) mass is 237 g/mol. The Morgan fingerprint density at radius 3 is 2.47 bits per heavy atom. The lowest BCUT2D eigenvalue weighted by Crippen LogP contribution is -2.46. The fourth-order valence-corrected chi connectivity index (χ4v) is 1.90. The van der Waals surface area contributed by atoms with Crippen molar-refractivity contribution < 1.29 is 4.79 Å². The van der Waals surface area contributed by atoms with Gasteiger partial charge in [-0.3, -0.25) is 4.79 Å². The van der Waals surface area contributed by atoms with Crippen molar-refractivity contribution >= 4 is 5.91 Å². The summed E-state index contributed by atoms with van der Waals surface area (Å²) < 4.78 is 0. The SMILES string of the molecule is CN1CCC(C)(CNC(=O)C(C)(C)C#N)CC1. The summed E-state index contributed by atoms with van der Waals surface area (Å²) in [4.78, 5) is 14.1. The molecule has 1 aliphatic rings. The summed E-state index contributed by atoms with van der Waals surface area (Å²) in [5, 5.41) is 11.8. The van der Waals surface area contributed by atoms with Gasteiger partial charge in [0.15, 0.2) is 0 Å². The van der Waals surface area contributed by atoms with E-state index in [1.54, 1.807) is 13.8 Å². The van der Waals surface area contributed by atoms with Crippen LogP contribution in [0.15, 0.2) is 0 Å². The van der Waals surface area contributed by atoms with Crippen molar-refractivity contribution in [3.05, 3.63) is 0 Å². The lowest BCUT2D eigenvalue weighted by molar-refractivity contribution is -0.127. The maximum atomic E-state index is 11.8. The van der Waals surface area contributed by atoms with E-state index in [1.165, 1.54) is 0 Å². The summed E-state index contributed by atoms with van der Waals surface area (Å²) in [6.07, 6.45) is 2.19. The van der Waals surface area contributed by atoms with E-state index >= 15 is 0 Å². The molecule has 1 rings (SSSR count). The summed E-state index contributed by atoms with van der Waals surface area (Å²) in [7, 11) is 2.12. The molecule has 0 aromatic carbocycles. The molecule has 1 amide bonds. The van der Waals surface area contributed by atoms with E-state index in [4.69, 9.17) is 5.26 Å². The average Bonchev–Trinajstić information content (AvgIpc) is 2.30. The van der Waals surface area contributed by atoms with Gasteiger partial charge < -0.3 is 10.2 Å². The average molecular weight is 237 g/mol. The molecule has 1 aliphatic heterocycles. The van der Waals surface area contributed by atoms with E-state index in [1.807, 2.05) is 6.07 Å². The molecule has 1 saturated heterocycles. The highest BCUT2D eigenvalue weighted by Crippen LogP contribution is 2.29. The fraction of sp³-hybridized carbons (Fsp3) is 0.846. The zero-order valence-electron chi connectivity index (χ0n) is 11.3. The molecule has 17 heavy (non-hydrogen) atoms. The molecular weight excluding hydrogens is 214 g/mol. The second kappa shape index (κ2) is 5.05. The van der Waals surface area contributed by atoms with Crippen LogP contribution in [0.1, 0.15) is 33.6 Å². The first kappa shape index (κ1) is 14.0. The van der Waals surface area contributed by atoms with Gasteiger partial charge in [0, 0.05) is 6.54 Å². The predicted octanol–water partition coefficient (Wildman–Crippen LogP) is 1.38. The van der Waals surface area contributed by atoms with Gasteiger partial charge in [0.05, 0.1) is 6.07 Å². The number of nitrogens with zero attached hydrogens (tertiary/aromatic N) is 2. The van der Waals surface area contributed by atoms with Gasteiger partial charge in [-0.05, 0) is 52.2 Å². The van der Waals surface area contributed by atoms with Crippen LogP contribution in [0, 0.1) is 22.2 Å². The summed E-state index contributed by atoms with van der Waals surface area (Å²) in [6, 6.07) is 2.03. The minimum atomic E-state index is -0.929. The fourth-order valence-electron chi connectivity index (χ4n) is 1.90. The summed E-state index contributed by atoms with van der Waals surface area (Å²) >= 11 is 0. The number of hydrogen-bond acceptors (Lipinski definition) is 3. The Morgan fingerprint density at radius 2 is 2.00 bits per heavy atom. The summed E-state index contributed by atoms with van der Waals surface area (Å²) in [5.74, 6) is -0.167. The Morgan fingerprint density at radius 1 is 1.47 bits per heavy atom. The number of likely N-dealkylation sites (tertiary alicyclic amines) is 1. The maximum absolute atomic E-state index is 11.8. The van der Waals surface area contributed by atoms with Crippen molar-refractivity contribution in [3.8, 4) is 6.07 Å². The van der Waals surface area contributed by atoms with Crippen molar-refractivity contribution in [1.82, 2.24) is 10.2 Å². The van der Waals surface area contributed by atoms with E-state index in [2.05, 4.69) is 24.2 Å². The minimum absolute atomic E-state index is 0.167. The van der Waals surface area contributed by atoms with Crippen LogP contribution in [0.25, 0.3) is 0 Å². The van der Waals surface area contributed by atoms with Gasteiger partial charge in [0.2, 0.25) is 5.91 Å². The van der Waals surface area contributed by atoms with E-state index in [0.29, 0.717) is 6.54 Å². The van der Waals surface area contributed by atoms with E-state index in [9.17, 15) is 4.79 Å². The number of carbonyl (C=O) groups excluding carboxylic acids is 1. The molecular formula is C13H23N3O. The lowest BCUT2D eigenvalue weighted by Gasteiger charge is -2.38. The molecule has 0 atom stereocenters. The Bertz CT molecular complexity index is 322. The first-order chi connectivity index (χ1) is 7.79. The molecule has 1 N–H and O–H groups in total. The largest absolute Gasteiger partial charge is 0.354 e. The number of nitriles is 1. The maximum Gasteiger partial charge on any atom is 0.239 e. The van der Waals surface area contributed by atoms with Crippen LogP contribution in [0.2, 0.25) is 0 Å². The number of hydrogen-bond donors (Lipinski definition) is 1. The van der Waals surface area contributed by atoms with Crippen molar-refractivity contribution in [2.24, 2.45) is 10.8 Å². The zero-order valence-corrected chi connectivity index (χ0v) is 11.3. The molecule has 4 nitrogen and oxygen atoms in total. The Kier molecular flexibility index (Phi) is 4.16. The first-order valence-electron chi connectivity index (χ1n) is 6.17. The molecule has 0 unspecified atom stereocenters. The van der Waals surface area contributed by atoms with Gasteiger partial charge in [-0.1, -0.05) is 6.92 Å². The molecule has 0 aromatic heterocycles. The third kappa shape index (κ3) is 3.71. The number of amides is 1. The molecule has 0 saturated carbocycles. The van der Waals surface area contributed by atoms with E-state index in [-0.39, 0.29) is 11.3 Å². The highest BCUT2D eigenvalue weighted by Gasteiger charge is 2.32. The highest BCUT2D eigenvalue weighted by atomic mass is 16.2. The van der Waals surface area contributed by atoms with Crippen molar-refractivity contribution in [2.45, 2.75) is 33.6 Å². The van der Waals surface area contributed by atoms with Crippen molar-refractivity contribution in [3.63, 3.8) is 0 Å². The predicted molar refractivity (Wildman–Crippen MR) is 67.2 cm³/mol. The van der Waals surface area contributed by atoms with E-state index < -0.39 is 5.41 Å². The standard InChI is InChI=1S/C13H23N3O/c1-12(2,9-14)11(17)15-10-13(3)5-7-16(4)8-6-13/h5-8,10H2,1-4H3,(H,15,17). The second-order valence-electron chi connectivity index (χ2n) is 6.03. The van der Waals surface area contributed by atoms with Gasteiger partial charge in [-0.15, -0.1) is 0 Å². The van der Waals surface area contributed by atoms with Crippen LogP contribution in [0.4, 0.5) is 0 Å². The Balaban J connectivity index is 2.46. The zero-order chi connectivity index (χ0) is 13.1. The molecule has 1 heterocycles. The third-order valence-electron chi connectivity index (χ3n) is 3.72. The van der Waals surface area contributed by atoms with E-state index in [0.717, 1.165) is 25.9 Å². The topological polar surface area (TPSA) is 56.1 Å². The number of nitrogens with one attached hydrogen (secondary N) is 1. The smallest absolute Gasteiger partial charge is 0.239 e. The third-order valence-corrected chi connectivity index (χ3v) is 3.72. The molecule has 96 valence electrons. The molecule has 0 bridgehead atoms. The van der Waals surface area contributed by atoms with Gasteiger partial charge in [-0.2, -0.15) is 5.26 Å². The summed E-state index contributed by atoms with van der Waals surface area (Å²) in [5.41, 5.74) is -0.754. The molecule has 0 spiro atoms. The normalized spacial score (nSPS) is 20.6. The summed E-state index contributed by atoms with van der Waals surface area (Å²) in [6.45, 7) is 8.34. The van der Waals surface area contributed by atoms with Gasteiger partial charge in [0.1, 0.15) is 5.41 Å². The van der Waals surface area contributed by atoms with Crippen LogP contribution in [0.5, 0.6) is 0 Å². The molecule has 0 radical (unpaired) electrons. The quantitative estimate of drug-likeness (QED) is 0.807. The number of rotatable bonds is 3. The molecule has 1 fully saturated rings. The Labute approximate surface area is 104 Å². The van der Waals surface area contributed by atoms with Crippen LogP contribution in [0.3, 0.4) is 0 Å². The van der Waals surface area contributed by atoms with Crippen molar-refractivity contribution in [2.75, 3.05) is 26.7 Å². The van der Waals surface area contributed by atoms with Crippen LogP contribution in [-0.2, 0) is 4.79 Å². The van der Waals surface area contributed by atoms with Gasteiger partial charge in [-0.25, -0.2) is 0 Å². The van der Waals surface area contributed by atoms with Gasteiger partial charge >= 0.3 is 0 Å². The van der Waals surface area contributed by atoms with Crippen LogP contribution >= 0.6 is 0 Å².